The number of nitrogens with zero attached hydrogens (tertiary/aromatic N) is 4. The molecular formula is C20H24N4O2. The van der Waals surface area contributed by atoms with Crippen LogP contribution in [0.3, 0.4) is 0 Å². The zero-order valence-electron chi connectivity index (χ0n) is 15.0. The maximum atomic E-state index is 12.9. The van der Waals surface area contributed by atoms with E-state index >= 15 is 0 Å². The van der Waals surface area contributed by atoms with Crippen LogP contribution in [0.1, 0.15) is 29.0 Å². The number of hydrogen-bond donors (Lipinski definition) is 0. The molecule has 2 atom stereocenters. The summed E-state index contributed by atoms with van der Waals surface area (Å²) in [6.45, 7) is 3.23. The van der Waals surface area contributed by atoms with E-state index in [1.54, 1.807) is 29.9 Å². The van der Waals surface area contributed by atoms with Gasteiger partial charge in [0.25, 0.3) is 11.7 Å². The Kier molecular flexibility index (Phi) is 4.59. The number of aryl methyl sites for hydroxylation is 1. The molecule has 5 rings (SSSR count). The number of amides is 1. The average Bonchev–Trinajstić information content (AvgIpc) is 2.89. The number of Topliss-reactive ketones (excluding diaryl/α,β-unsaturated/α-hetero) is 1. The van der Waals surface area contributed by atoms with E-state index in [-0.39, 0.29) is 11.9 Å². The topological polar surface area (TPSA) is 58.4 Å². The van der Waals surface area contributed by atoms with Crippen molar-refractivity contribution in [1.82, 2.24) is 19.4 Å². The molecular weight excluding hydrogens is 328 g/mol. The number of rotatable bonds is 4. The number of carbonyl (C=O) groups excluding carboxylic acids is 2. The summed E-state index contributed by atoms with van der Waals surface area (Å²) in [7, 11) is 1.80. The van der Waals surface area contributed by atoms with Crippen LogP contribution in [0, 0.1) is 5.92 Å². The minimum absolute atomic E-state index is 0.106. The zero-order valence-corrected chi connectivity index (χ0v) is 15.0. The molecule has 5 heterocycles. The van der Waals surface area contributed by atoms with Gasteiger partial charge in [0.1, 0.15) is 0 Å². The van der Waals surface area contributed by atoms with Gasteiger partial charge in [-0.25, -0.2) is 0 Å². The molecule has 3 fully saturated rings. The highest BCUT2D eigenvalue weighted by Gasteiger charge is 2.39. The Morgan fingerprint density at radius 3 is 2.73 bits per heavy atom. The van der Waals surface area contributed by atoms with E-state index in [2.05, 4.69) is 9.88 Å². The van der Waals surface area contributed by atoms with Crippen LogP contribution >= 0.6 is 0 Å². The molecule has 0 radical (unpaired) electrons. The number of ketones is 1. The fourth-order valence-corrected chi connectivity index (χ4v) is 4.21. The van der Waals surface area contributed by atoms with E-state index in [0.717, 1.165) is 38.2 Å². The molecule has 6 heteroatoms. The lowest BCUT2D eigenvalue weighted by Crippen LogP contribution is -2.50. The van der Waals surface area contributed by atoms with Crippen molar-refractivity contribution in [1.29, 1.82) is 0 Å². The Labute approximate surface area is 153 Å². The van der Waals surface area contributed by atoms with Crippen molar-refractivity contribution in [3.63, 3.8) is 0 Å². The minimum Gasteiger partial charge on any atom is -0.348 e. The van der Waals surface area contributed by atoms with Crippen LogP contribution in [0.5, 0.6) is 0 Å². The molecule has 26 heavy (non-hydrogen) atoms. The van der Waals surface area contributed by atoms with Gasteiger partial charge in [-0.2, -0.15) is 0 Å². The molecule has 2 bridgehead atoms. The maximum absolute atomic E-state index is 12.9. The molecule has 2 aromatic rings. The Morgan fingerprint density at radius 2 is 2.00 bits per heavy atom. The van der Waals surface area contributed by atoms with Crippen LogP contribution in [0.2, 0.25) is 0 Å². The molecule has 0 aromatic carbocycles. The van der Waals surface area contributed by atoms with Crippen LogP contribution in [-0.2, 0) is 18.4 Å². The first kappa shape index (κ1) is 17.0. The van der Waals surface area contributed by atoms with E-state index < -0.39 is 5.78 Å². The van der Waals surface area contributed by atoms with Gasteiger partial charge >= 0.3 is 0 Å². The number of aromatic nitrogens is 2. The van der Waals surface area contributed by atoms with E-state index in [1.165, 1.54) is 0 Å². The van der Waals surface area contributed by atoms with Crippen molar-refractivity contribution < 1.29 is 9.59 Å². The largest absolute Gasteiger partial charge is 0.348 e. The second-order valence-corrected chi connectivity index (χ2v) is 7.40. The third-order valence-corrected chi connectivity index (χ3v) is 5.53. The third-order valence-electron chi connectivity index (χ3n) is 5.53. The molecule has 3 aliphatic rings. The van der Waals surface area contributed by atoms with Crippen molar-refractivity contribution in [3.05, 3.63) is 54.1 Å². The summed E-state index contributed by atoms with van der Waals surface area (Å²) in [5.41, 5.74) is 1.51. The summed E-state index contributed by atoms with van der Waals surface area (Å²) < 4.78 is 1.71. The van der Waals surface area contributed by atoms with Gasteiger partial charge in [0.15, 0.2) is 0 Å². The fraction of sp³-hybridized carbons (Fsp3) is 0.450. The van der Waals surface area contributed by atoms with Gasteiger partial charge in [-0.15, -0.1) is 0 Å². The summed E-state index contributed by atoms with van der Waals surface area (Å²) in [5.74, 6) is -0.342. The lowest BCUT2D eigenvalue weighted by atomic mass is 9.94. The summed E-state index contributed by atoms with van der Waals surface area (Å²) in [6.07, 6.45) is 5.70. The van der Waals surface area contributed by atoms with Gasteiger partial charge in [-0.3, -0.25) is 19.5 Å². The highest BCUT2D eigenvalue weighted by Crippen LogP contribution is 2.29. The highest BCUT2D eigenvalue weighted by atomic mass is 16.2. The highest BCUT2D eigenvalue weighted by molar-refractivity contribution is 6.42. The van der Waals surface area contributed by atoms with Crippen molar-refractivity contribution in [2.75, 3.05) is 19.6 Å². The molecule has 3 saturated heterocycles. The standard InChI is InChI=1S/C20H24N4O2/c1-22-10-4-6-18(22)19(25)20(26)24-12-15-7-8-17(24)14-23(11-15)13-16-5-2-3-9-21-16/h2-6,9-10,15,17H,7-8,11-14H2,1H3/t15-,17+/m1/s1. The number of hydrogen-bond acceptors (Lipinski definition) is 4. The van der Waals surface area contributed by atoms with Gasteiger partial charge in [0.05, 0.1) is 11.4 Å². The summed E-state index contributed by atoms with van der Waals surface area (Å²) in [4.78, 5) is 34.2. The van der Waals surface area contributed by atoms with Gasteiger partial charge in [-0.1, -0.05) is 6.07 Å². The predicted molar refractivity (Wildman–Crippen MR) is 97.5 cm³/mol. The van der Waals surface area contributed by atoms with Crippen LogP contribution in [0.4, 0.5) is 0 Å². The molecule has 2 aromatic heterocycles. The van der Waals surface area contributed by atoms with Crippen molar-refractivity contribution >= 4 is 11.7 Å². The van der Waals surface area contributed by atoms with E-state index in [9.17, 15) is 9.59 Å². The monoisotopic (exact) mass is 352 g/mol. The summed E-state index contributed by atoms with van der Waals surface area (Å²) >= 11 is 0. The Balaban J connectivity index is 1.49. The van der Waals surface area contributed by atoms with Gasteiger partial charge in [0, 0.05) is 51.7 Å². The fourth-order valence-electron chi connectivity index (χ4n) is 4.21. The first-order chi connectivity index (χ1) is 12.6. The molecule has 0 saturated carbocycles. The number of carbonyl (C=O) groups is 2. The molecule has 136 valence electrons. The molecule has 0 aliphatic carbocycles. The predicted octanol–water partition coefficient (Wildman–Crippen LogP) is 1.73. The Bertz CT molecular complexity index is 801. The van der Waals surface area contributed by atoms with E-state index in [4.69, 9.17) is 0 Å². The third kappa shape index (κ3) is 3.29. The molecule has 3 aliphatic heterocycles. The van der Waals surface area contributed by atoms with Crippen LogP contribution in [-0.4, -0.2) is 56.7 Å². The van der Waals surface area contributed by atoms with Gasteiger partial charge < -0.3 is 9.47 Å². The smallest absolute Gasteiger partial charge is 0.296 e. The SMILES string of the molecule is Cn1cccc1C(=O)C(=O)N1C[C@@H]2CC[C@H]1CN(Cc1ccccn1)C2. The van der Waals surface area contributed by atoms with Crippen LogP contribution in [0.25, 0.3) is 0 Å². The van der Waals surface area contributed by atoms with Gasteiger partial charge in [0.2, 0.25) is 0 Å². The average molecular weight is 352 g/mol. The van der Waals surface area contributed by atoms with Crippen LogP contribution in [0.15, 0.2) is 42.7 Å². The lowest BCUT2D eigenvalue weighted by molar-refractivity contribution is -0.130. The summed E-state index contributed by atoms with van der Waals surface area (Å²) in [5, 5.41) is 0. The second kappa shape index (κ2) is 7.03. The summed E-state index contributed by atoms with van der Waals surface area (Å²) in [6, 6.07) is 9.57. The normalized spacial score (nSPS) is 23.0. The number of fused-ring (bicyclic) bond motifs is 4. The van der Waals surface area contributed by atoms with Crippen LogP contribution < -0.4 is 0 Å². The van der Waals surface area contributed by atoms with Gasteiger partial charge in [-0.05, 0) is 43.0 Å². The minimum atomic E-state index is -0.402. The first-order valence-electron chi connectivity index (χ1n) is 9.20. The number of pyridine rings is 1. The van der Waals surface area contributed by atoms with Crippen molar-refractivity contribution in [2.24, 2.45) is 13.0 Å². The molecule has 6 nitrogen and oxygen atoms in total. The molecule has 0 unspecified atom stereocenters. The molecule has 0 N–H and O–H groups in total. The Hall–Kier alpha value is -2.47. The molecule has 0 spiro atoms. The second-order valence-electron chi connectivity index (χ2n) is 7.40. The molecule has 1 amide bonds. The Morgan fingerprint density at radius 1 is 1.12 bits per heavy atom. The van der Waals surface area contributed by atoms with E-state index in [0.29, 0.717) is 18.2 Å². The maximum Gasteiger partial charge on any atom is 0.296 e. The zero-order chi connectivity index (χ0) is 18.1. The van der Waals surface area contributed by atoms with Crippen molar-refractivity contribution in [3.8, 4) is 0 Å². The number of piperidine rings is 1. The van der Waals surface area contributed by atoms with E-state index in [1.807, 2.05) is 29.3 Å². The van der Waals surface area contributed by atoms with Crippen molar-refractivity contribution in [2.45, 2.75) is 25.4 Å². The first-order valence-corrected chi connectivity index (χ1v) is 9.20. The quantitative estimate of drug-likeness (QED) is 0.621. The lowest BCUT2D eigenvalue weighted by Gasteiger charge is -2.35.